The molecule has 0 rings (SSSR count). The minimum absolute atomic E-state index is 0.116. The van der Waals surface area contributed by atoms with Gasteiger partial charge in [0.15, 0.2) is 6.29 Å². The number of aliphatic hydroxyl groups excluding tert-OH is 1. The van der Waals surface area contributed by atoms with Crippen LogP contribution < -0.4 is 0 Å². The van der Waals surface area contributed by atoms with Crippen LogP contribution in [0.1, 0.15) is 79.1 Å². The topological polar surface area (TPSA) is 29.5 Å². The third kappa shape index (κ3) is 9.61. The van der Waals surface area contributed by atoms with Crippen molar-refractivity contribution < 1.29 is 9.84 Å². The lowest BCUT2D eigenvalue weighted by atomic mass is 9.94. The zero-order valence-electron chi connectivity index (χ0n) is 12.2. The molecular formula is C15H32O2. The van der Waals surface area contributed by atoms with Crippen molar-refractivity contribution >= 4 is 0 Å². The molecule has 0 bridgehead atoms. The Hall–Kier alpha value is -0.0800. The Kier molecular flexibility index (Phi) is 11.0. The molecule has 0 aliphatic rings. The summed E-state index contributed by atoms with van der Waals surface area (Å²) < 4.78 is 5.52. The van der Waals surface area contributed by atoms with Crippen molar-refractivity contribution in [2.75, 3.05) is 0 Å². The summed E-state index contributed by atoms with van der Waals surface area (Å²) in [5.74, 6) is 0.328. The number of unbranched alkanes of at least 4 members (excludes halogenated alkanes) is 4. The SMILES string of the molecule is CCCCCCC(CCCC)C(O)OC(C)C. The first kappa shape index (κ1) is 16.9. The highest BCUT2D eigenvalue weighted by atomic mass is 16.6. The molecule has 2 heteroatoms. The number of rotatable bonds is 11. The van der Waals surface area contributed by atoms with Crippen LogP contribution in [-0.2, 0) is 4.74 Å². The van der Waals surface area contributed by atoms with Gasteiger partial charge in [-0.05, 0) is 26.7 Å². The van der Waals surface area contributed by atoms with E-state index in [1.54, 1.807) is 0 Å². The van der Waals surface area contributed by atoms with E-state index in [1.807, 2.05) is 13.8 Å². The summed E-state index contributed by atoms with van der Waals surface area (Å²) in [5, 5.41) is 10.0. The molecule has 0 spiro atoms. The molecular weight excluding hydrogens is 212 g/mol. The summed E-state index contributed by atoms with van der Waals surface area (Å²) in [6, 6.07) is 0. The molecule has 0 saturated carbocycles. The molecule has 17 heavy (non-hydrogen) atoms. The third-order valence-electron chi connectivity index (χ3n) is 3.17. The molecule has 0 aliphatic heterocycles. The van der Waals surface area contributed by atoms with Gasteiger partial charge in [0.1, 0.15) is 0 Å². The molecule has 0 amide bonds. The number of hydrogen-bond donors (Lipinski definition) is 1. The fourth-order valence-electron chi connectivity index (χ4n) is 2.12. The van der Waals surface area contributed by atoms with Gasteiger partial charge in [0.2, 0.25) is 0 Å². The molecule has 0 saturated heterocycles. The average Bonchev–Trinajstić information content (AvgIpc) is 2.27. The molecule has 0 aromatic heterocycles. The van der Waals surface area contributed by atoms with Crippen molar-refractivity contribution in [1.82, 2.24) is 0 Å². The van der Waals surface area contributed by atoms with E-state index in [4.69, 9.17) is 4.74 Å². The van der Waals surface area contributed by atoms with Crippen molar-refractivity contribution in [3.63, 3.8) is 0 Å². The van der Waals surface area contributed by atoms with E-state index in [0.717, 1.165) is 12.8 Å². The number of hydrogen-bond acceptors (Lipinski definition) is 2. The molecule has 104 valence electrons. The van der Waals surface area contributed by atoms with Crippen LogP contribution in [0, 0.1) is 5.92 Å². The summed E-state index contributed by atoms with van der Waals surface area (Å²) in [6.07, 6.45) is 9.22. The zero-order valence-corrected chi connectivity index (χ0v) is 12.2. The van der Waals surface area contributed by atoms with Gasteiger partial charge in [-0.3, -0.25) is 0 Å². The standard InChI is InChI=1S/C15H32O2/c1-5-7-9-10-12-14(11-8-6-2)15(16)17-13(3)4/h13-16H,5-12H2,1-4H3. The van der Waals surface area contributed by atoms with Crippen LogP contribution in [0.5, 0.6) is 0 Å². The smallest absolute Gasteiger partial charge is 0.157 e. The molecule has 2 unspecified atom stereocenters. The summed E-state index contributed by atoms with van der Waals surface area (Å²) >= 11 is 0. The van der Waals surface area contributed by atoms with E-state index in [2.05, 4.69) is 13.8 Å². The molecule has 1 N–H and O–H groups in total. The number of ether oxygens (including phenoxy) is 1. The van der Waals surface area contributed by atoms with Crippen LogP contribution in [0.4, 0.5) is 0 Å². The molecule has 2 atom stereocenters. The maximum Gasteiger partial charge on any atom is 0.157 e. The Morgan fingerprint density at radius 3 is 2.00 bits per heavy atom. The average molecular weight is 244 g/mol. The predicted octanol–water partition coefficient (Wildman–Crippen LogP) is 4.51. The second-order valence-electron chi connectivity index (χ2n) is 5.33. The third-order valence-corrected chi connectivity index (χ3v) is 3.17. The highest BCUT2D eigenvalue weighted by Crippen LogP contribution is 2.22. The van der Waals surface area contributed by atoms with Gasteiger partial charge in [-0.1, -0.05) is 52.4 Å². The summed E-state index contributed by atoms with van der Waals surface area (Å²) in [5.41, 5.74) is 0. The fraction of sp³-hybridized carbons (Fsp3) is 1.00. The van der Waals surface area contributed by atoms with Crippen molar-refractivity contribution in [3.05, 3.63) is 0 Å². The quantitative estimate of drug-likeness (QED) is 0.428. The monoisotopic (exact) mass is 244 g/mol. The second-order valence-corrected chi connectivity index (χ2v) is 5.33. The molecule has 0 aromatic rings. The predicted molar refractivity (Wildman–Crippen MR) is 74.0 cm³/mol. The van der Waals surface area contributed by atoms with Crippen LogP contribution in [0.3, 0.4) is 0 Å². The minimum atomic E-state index is -0.567. The molecule has 0 heterocycles. The van der Waals surface area contributed by atoms with E-state index >= 15 is 0 Å². The van der Waals surface area contributed by atoms with E-state index in [0.29, 0.717) is 5.92 Å². The van der Waals surface area contributed by atoms with Crippen LogP contribution in [0.15, 0.2) is 0 Å². The Bertz CT molecular complexity index is 157. The van der Waals surface area contributed by atoms with Crippen molar-refractivity contribution in [3.8, 4) is 0 Å². The largest absolute Gasteiger partial charge is 0.368 e. The highest BCUT2D eigenvalue weighted by molar-refractivity contribution is 4.64. The van der Waals surface area contributed by atoms with E-state index in [1.165, 1.54) is 38.5 Å². The van der Waals surface area contributed by atoms with Gasteiger partial charge in [0.25, 0.3) is 0 Å². The van der Waals surface area contributed by atoms with E-state index in [9.17, 15) is 5.11 Å². The molecule has 0 aromatic carbocycles. The summed E-state index contributed by atoms with van der Waals surface area (Å²) in [6.45, 7) is 8.39. The Morgan fingerprint density at radius 2 is 1.47 bits per heavy atom. The van der Waals surface area contributed by atoms with E-state index < -0.39 is 6.29 Å². The van der Waals surface area contributed by atoms with Gasteiger partial charge < -0.3 is 9.84 Å². The van der Waals surface area contributed by atoms with Crippen molar-refractivity contribution in [1.29, 1.82) is 0 Å². The molecule has 0 fully saturated rings. The van der Waals surface area contributed by atoms with Gasteiger partial charge in [0.05, 0.1) is 6.10 Å². The first-order valence-electron chi connectivity index (χ1n) is 7.45. The van der Waals surface area contributed by atoms with Crippen LogP contribution in [-0.4, -0.2) is 17.5 Å². The van der Waals surface area contributed by atoms with Gasteiger partial charge >= 0.3 is 0 Å². The fourth-order valence-corrected chi connectivity index (χ4v) is 2.12. The van der Waals surface area contributed by atoms with Crippen molar-refractivity contribution in [2.45, 2.75) is 91.5 Å². The second kappa shape index (κ2) is 11.0. The maximum absolute atomic E-state index is 10.0. The lowest BCUT2D eigenvalue weighted by Gasteiger charge is -2.24. The molecule has 2 nitrogen and oxygen atoms in total. The zero-order chi connectivity index (χ0) is 13.1. The van der Waals surface area contributed by atoms with Crippen LogP contribution in [0.2, 0.25) is 0 Å². The first-order chi connectivity index (χ1) is 8.11. The molecule has 0 radical (unpaired) electrons. The maximum atomic E-state index is 10.0. The Morgan fingerprint density at radius 1 is 0.882 bits per heavy atom. The van der Waals surface area contributed by atoms with Gasteiger partial charge in [-0.2, -0.15) is 0 Å². The van der Waals surface area contributed by atoms with Gasteiger partial charge in [-0.25, -0.2) is 0 Å². The lowest BCUT2D eigenvalue weighted by molar-refractivity contribution is -0.159. The van der Waals surface area contributed by atoms with E-state index in [-0.39, 0.29) is 6.10 Å². The van der Waals surface area contributed by atoms with Crippen LogP contribution in [0.25, 0.3) is 0 Å². The lowest BCUT2D eigenvalue weighted by Crippen LogP contribution is -2.26. The molecule has 0 aliphatic carbocycles. The number of aliphatic hydroxyl groups is 1. The van der Waals surface area contributed by atoms with Gasteiger partial charge in [0, 0.05) is 5.92 Å². The van der Waals surface area contributed by atoms with Gasteiger partial charge in [-0.15, -0.1) is 0 Å². The Labute approximate surface area is 108 Å². The Balaban J connectivity index is 3.93. The van der Waals surface area contributed by atoms with Crippen molar-refractivity contribution in [2.24, 2.45) is 5.92 Å². The first-order valence-corrected chi connectivity index (χ1v) is 7.45. The minimum Gasteiger partial charge on any atom is -0.368 e. The summed E-state index contributed by atoms with van der Waals surface area (Å²) in [4.78, 5) is 0. The normalized spacial score (nSPS) is 15.2. The summed E-state index contributed by atoms with van der Waals surface area (Å²) in [7, 11) is 0. The highest BCUT2D eigenvalue weighted by Gasteiger charge is 2.19. The van der Waals surface area contributed by atoms with Crippen LogP contribution >= 0.6 is 0 Å².